The lowest BCUT2D eigenvalue weighted by molar-refractivity contribution is 0.0697. The monoisotopic (exact) mass is 426 g/mol. The fourth-order valence-corrected chi connectivity index (χ4v) is 3.56. The number of carbonyl (C=O) groups is 1. The first-order valence-electron chi connectivity index (χ1n) is 9.49. The lowest BCUT2D eigenvalue weighted by atomic mass is 10.1. The van der Waals surface area contributed by atoms with E-state index in [1.54, 1.807) is 35.3 Å². The molecule has 0 unspecified atom stereocenters. The maximum Gasteiger partial charge on any atom is 0.335 e. The van der Waals surface area contributed by atoms with Crippen molar-refractivity contribution in [2.24, 2.45) is 0 Å². The van der Waals surface area contributed by atoms with Crippen molar-refractivity contribution in [2.75, 3.05) is 0 Å². The number of aromatic carboxylic acids is 1. The third-order valence-electron chi connectivity index (χ3n) is 4.95. The Hall–Kier alpha value is -4.03. The smallest absolute Gasteiger partial charge is 0.335 e. The predicted octanol–water partition coefficient (Wildman–Crippen LogP) is 5.50. The molecule has 0 saturated heterocycles. The predicted molar refractivity (Wildman–Crippen MR) is 120 cm³/mol. The largest absolute Gasteiger partial charge is 0.478 e. The number of benzene rings is 3. The maximum atomic E-state index is 11.5. The average molecular weight is 427 g/mol. The SMILES string of the molecule is O=C(O)c1cccc(-n2nc(-c3ccc4nccnc4c3)cc2-c2ccc(Cl)cc2)c1. The van der Waals surface area contributed by atoms with Crippen LogP contribution in [-0.2, 0) is 0 Å². The second kappa shape index (κ2) is 7.66. The van der Waals surface area contributed by atoms with Crippen LogP contribution in [0.15, 0.2) is 85.2 Å². The van der Waals surface area contributed by atoms with Crippen LogP contribution in [0.3, 0.4) is 0 Å². The quantitative estimate of drug-likeness (QED) is 0.410. The number of carboxylic acids is 1. The molecule has 6 nitrogen and oxygen atoms in total. The summed E-state index contributed by atoms with van der Waals surface area (Å²) in [5.74, 6) is -0.990. The molecule has 0 amide bonds. The van der Waals surface area contributed by atoms with E-state index in [4.69, 9.17) is 16.7 Å². The topological polar surface area (TPSA) is 80.9 Å². The van der Waals surface area contributed by atoms with Crippen LogP contribution in [-0.4, -0.2) is 30.8 Å². The van der Waals surface area contributed by atoms with Gasteiger partial charge in [-0.25, -0.2) is 9.48 Å². The highest BCUT2D eigenvalue weighted by Gasteiger charge is 2.15. The Labute approximate surface area is 182 Å². The zero-order valence-corrected chi connectivity index (χ0v) is 16.9. The fraction of sp³-hybridized carbons (Fsp3) is 0. The minimum absolute atomic E-state index is 0.192. The molecule has 5 rings (SSSR count). The summed E-state index contributed by atoms with van der Waals surface area (Å²) in [7, 11) is 0. The number of hydrogen-bond acceptors (Lipinski definition) is 4. The van der Waals surface area contributed by atoms with Gasteiger partial charge in [0.2, 0.25) is 0 Å². The van der Waals surface area contributed by atoms with Gasteiger partial charge in [0.15, 0.2) is 0 Å². The molecule has 0 bridgehead atoms. The number of aromatic nitrogens is 4. The van der Waals surface area contributed by atoms with E-state index >= 15 is 0 Å². The summed E-state index contributed by atoms with van der Waals surface area (Å²) in [6.07, 6.45) is 3.31. The number of carboxylic acid groups (broad SMARTS) is 1. The van der Waals surface area contributed by atoms with Crippen LogP contribution in [0.2, 0.25) is 5.02 Å². The van der Waals surface area contributed by atoms with Crippen LogP contribution in [0.1, 0.15) is 10.4 Å². The number of halogens is 1. The highest BCUT2D eigenvalue weighted by Crippen LogP contribution is 2.30. The Morgan fingerprint density at radius 1 is 0.839 bits per heavy atom. The van der Waals surface area contributed by atoms with Gasteiger partial charge in [0.1, 0.15) is 0 Å². The lowest BCUT2D eigenvalue weighted by Gasteiger charge is -2.08. The van der Waals surface area contributed by atoms with Gasteiger partial charge in [0, 0.05) is 28.5 Å². The number of rotatable bonds is 4. The normalized spacial score (nSPS) is 11.0. The first kappa shape index (κ1) is 19.0. The van der Waals surface area contributed by atoms with E-state index in [-0.39, 0.29) is 5.56 Å². The second-order valence-electron chi connectivity index (χ2n) is 6.95. The zero-order valence-electron chi connectivity index (χ0n) is 16.1. The summed E-state index contributed by atoms with van der Waals surface area (Å²) in [4.78, 5) is 20.2. The van der Waals surface area contributed by atoms with E-state index in [0.717, 1.165) is 33.5 Å². The third-order valence-corrected chi connectivity index (χ3v) is 5.20. The Kier molecular flexibility index (Phi) is 4.69. The van der Waals surface area contributed by atoms with E-state index in [2.05, 4.69) is 9.97 Å². The van der Waals surface area contributed by atoms with Crippen LogP contribution >= 0.6 is 11.6 Å². The second-order valence-corrected chi connectivity index (χ2v) is 7.39. The van der Waals surface area contributed by atoms with Gasteiger partial charge in [-0.1, -0.05) is 35.9 Å². The molecular formula is C24H15ClN4O2. The van der Waals surface area contributed by atoms with Gasteiger partial charge in [-0.05, 0) is 48.5 Å². The minimum atomic E-state index is -0.990. The van der Waals surface area contributed by atoms with E-state index in [9.17, 15) is 9.90 Å². The molecule has 0 fully saturated rings. The highest BCUT2D eigenvalue weighted by molar-refractivity contribution is 6.30. The molecule has 7 heteroatoms. The van der Waals surface area contributed by atoms with E-state index in [1.807, 2.05) is 54.6 Å². The van der Waals surface area contributed by atoms with Crippen molar-refractivity contribution in [3.05, 3.63) is 95.8 Å². The first-order valence-corrected chi connectivity index (χ1v) is 9.87. The molecule has 0 spiro atoms. The molecule has 0 aliphatic heterocycles. The summed E-state index contributed by atoms with van der Waals surface area (Å²) in [5.41, 5.74) is 5.76. The van der Waals surface area contributed by atoms with E-state index < -0.39 is 5.97 Å². The minimum Gasteiger partial charge on any atom is -0.478 e. The summed E-state index contributed by atoms with van der Waals surface area (Å²) in [5, 5.41) is 14.8. The molecule has 0 atom stereocenters. The van der Waals surface area contributed by atoms with Gasteiger partial charge < -0.3 is 5.11 Å². The maximum absolute atomic E-state index is 11.5. The summed E-state index contributed by atoms with van der Waals surface area (Å²) >= 11 is 6.07. The molecule has 150 valence electrons. The van der Waals surface area contributed by atoms with Crippen molar-refractivity contribution in [1.82, 2.24) is 19.7 Å². The summed E-state index contributed by atoms with van der Waals surface area (Å²) in [6.45, 7) is 0. The lowest BCUT2D eigenvalue weighted by Crippen LogP contribution is -2.02. The van der Waals surface area contributed by atoms with Crippen LogP contribution in [0.25, 0.3) is 39.2 Å². The van der Waals surface area contributed by atoms with Gasteiger partial charge in [-0.3, -0.25) is 9.97 Å². The zero-order chi connectivity index (χ0) is 21.4. The van der Waals surface area contributed by atoms with Gasteiger partial charge in [-0.2, -0.15) is 5.10 Å². The van der Waals surface area contributed by atoms with Crippen molar-refractivity contribution in [2.45, 2.75) is 0 Å². The number of nitrogens with zero attached hydrogens (tertiary/aromatic N) is 4. The highest BCUT2D eigenvalue weighted by atomic mass is 35.5. The fourth-order valence-electron chi connectivity index (χ4n) is 3.44. The summed E-state index contributed by atoms with van der Waals surface area (Å²) in [6, 6.07) is 21.9. The van der Waals surface area contributed by atoms with Gasteiger partial charge >= 0.3 is 5.97 Å². The molecule has 5 aromatic rings. The molecule has 31 heavy (non-hydrogen) atoms. The Balaban J connectivity index is 1.70. The van der Waals surface area contributed by atoms with E-state index in [0.29, 0.717) is 10.7 Å². The van der Waals surface area contributed by atoms with Crippen molar-refractivity contribution in [1.29, 1.82) is 0 Å². The molecule has 2 heterocycles. The Morgan fingerprint density at radius 2 is 1.58 bits per heavy atom. The van der Waals surface area contributed by atoms with Crippen LogP contribution in [0.4, 0.5) is 0 Å². The van der Waals surface area contributed by atoms with Crippen LogP contribution < -0.4 is 0 Å². The third kappa shape index (κ3) is 3.65. The Morgan fingerprint density at radius 3 is 2.35 bits per heavy atom. The molecule has 2 aromatic heterocycles. The summed E-state index contributed by atoms with van der Waals surface area (Å²) < 4.78 is 1.74. The van der Waals surface area contributed by atoms with Crippen LogP contribution in [0.5, 0.6) is 0 Å². The average Bonchev–Trinajstić information content (AvgIpc) is 3.25. The Bertz CT molecular complexity index is 1430. The van der Waals surface area contributed by atoms with Crippen LogP contribution in [0, 0.1) is 0 Å². The standard InChI is InChI=1S/C24H15ClN4O2/c25-18-7-4-15(5-8-18)23-14-21(16-6-9-20-22(13-16)27-11-10-26-20)28-29(23)19-3-1-2-17(12-19)24(30)31/h1-14H,(H,30,31). The van der Waals surface area contributed by atoms with Crippen molar-refractivity contribution < 1.29 is 9.90 Å². The van der Waals surface area contributed by atoms with Gasteiger partial charge in [0.25, 0.3) is 0 Å². The molecule has 0 radical (unpaired) electrons. The number of hydrogen-bond donors (Lipinski definition) is 1. The molecule has 0 aliphatic rings. The molecule has 0 saturated carbocycles. The molecular weight excluding hydrogens is 412 g/mol. The number of fused-ring (bicyclic) bond motifs is 1. The van der Waals surface area contributed by atoms with E-state index in [1.165, 1.54) is 0 Å². The van der Waals surface area contributed by atoms with Gasteiger partial charge in [0.05, 0.1) is 33.7 Å². The molecule has 0 aliphatic carbocycles. The molecule has 1 N–H and O–H groups in total. The van der Waals surface area contributed by atoms with Crippen molar-refractivity contribution in [3.63, 3.8) is 0 Å². The first-order chi connectivity index (χ1) is 15.1. The van der Waals surface area contributed by atoms with Gasteiger partial charge in [-0.15, -0.1) is 0 Å². The molecule has 3 aromatic carbocycles. The van der Waals surface area contributed by atoms with Crippen molar-refractivity contribution >= 4 is 28.6 Å². The van der Waals surface area contributed by atoms with Crippen molar-refractivity contribution in [3.8, 4) is 28.2 Å².